The Morgan fingerprint density at radius 2 is 1.86 bits per heavy atom. The summed E-state index contributed by atoms with van der Waals surface area (Å²) in [6.45, 7) is 5.63. The molecule has 10 heteroatoms. The van der Waals surface area contributed by atoms with E-state index in [0.29, 0.717) is 36.8 Å². The Kier molecular flexibility index (Phi) is 6.80. The predicted molar refractivity (Wildman–Crippen MR) is 163 cm³/mol. The number of benzene rings is 2. The Balaban J connectivity index is 1.14. The third kappa shape index (κ3) is 5.20. The summed E-state index contributed by atoms with van der Waals surface area (Å²) in [6.07, 6.45) is 5.94. The number of fused-ring (bicyclic) bond motifs is 1. The second-order valence-electron chi connectivity index (χ2n) is 12.4. The minimum absolute atomic E-state index is 0.0556. The van der Waals surface area contributed by atoms with Crippen LogP contribution in [0.15, 0.2) is 60.8 Å². The highest BCUT2D eigenvalue weighted by Crippen LogP contribution is 2.38. The molecule has 1 saturated carbocycles. The summed E-state index contributed by atoms with van der Waals surface area (Å²) in [4.78, 5) is 32.8. The zero-order chi connectivity index (χ0) is 29.7. The molecule has 7 rings (SSSR count). The minimum Gasteiger partial charge on any atom is -0.490 e. The van der Waals surface area contributed by atoms with Gasteiger partial charge < -0.3 is 25.4 Å². The number of carbonyl (C=O) groups is 2. The van der Waals surface area contributed by atoms with E-state index in [0.717, 1.165) is 53.7 Å². The Labute approximate surface area is 250 Å². The van der Waals surface area contributed by atoms with Gasteiger partial charge in [0.05, 0.1) is 36.1 Å². The molecule has 222 valence electrons. The monoisotopic (exact) mass is 580 g/mol. The summed E-state index contributed by atoms with van der Waals surface area (Å²) in [7, 11) is 0. The van der Waals surface area contributed by atoms with Gasteiger partial charge in [0, 0.05) is 47.4 Å². The van der Waals surface area contributed by atoms with Crippen molar-refractivity contribution < 1.29 is 19.1 Å². The smallest absolute Gasteiger partial charge is 0.255 e. The maximum Gasteiger partial charge on any atom is 0.255 e. The number of hydrogen-bond acceptors (Lipinski definition) is 7. The first-order valence-electron chi connectivity index (χ1n) is 15.0. The fraction of sp³-hybridized carbons (Fsp3) is 0.394. The van der Waals surface area contributed by atoms with E-state index in [1.54, 1.807) is 23.0 Å². The lowest BCUT2D eigenvalue weighted by molar-refractivity contribution is -0.172. The van der Waals surface area contributed by atoms with E-state index in [2.05, 4.69) is 17.2 Å². The van der Waals surface area contributed by atoms with Gasteiger partial charge in [-0.15, -0.1) is 0 Å². The molecule has 2 aromatic heterocycles. The fourth-order valence-corrected chi connectivity index (χ4v) is 6.07. The molecule has 0 bridgehead atoms. The number of carbonyl (C=O) groups excluding carboxylic acids is 2. The van der Waals surface area contributed by atoms with Gasteiger partial charge in [-0.05, 0) is 82.0 Å². The van der Waals surface area contributed by atoms with E-state index in [1.807, 2.05) is 54.3 Å². The van der Waals surface area contributed by atoms with Crippen molar-refractivity contribution in [2.45, 2.75) is 57.6 Å². The molecule has 0 radical (unpaired) electrons. The van der Waals surface area contributed by atoms with E-state index >= 15 is 0 Å². The molecule has 2 amide bonds. The summed E-state index contributed by atoms with van der Waals surface area (Å²) in [5.41, 5.74) is 9.54. The van der Waals surface area contributed by atoms with Crippen LogP contribution in [0, 0.1) is 5.41 Å². The Bertz CT molecular complexity index is 1690. The van der Waals surface area contributed by atoms with Crippen LogP contribution in [0.1, 0.15) is 61.5 Å². The topological polar surface area (TPSA) is 125 Å². The van der Waals surface area contributed by atoms with Crippen molar-refractivity contribution in [3.05, 3.63) is 72.1 Å². The number of pyridine rings is 1. The van der Waals surface area contributed by atoms with Crippen LogP contribution in [-0.4, -0.2) is 63.4 Å². The summed E-state index contributed by atoms with van der Waals surface area (Å²) >= 11 is 0. The Morgan fingerprint density at radius 3 is 2.58 bits per heavy atom. The summed E-state index contributed by atoms with van der Waals surface area (Å²) in [6, 6.07) is 16.8. The predicted octanol–water partition coefficient (Wildman–Crippen LogP) is 4.93. The van der Waals surface area contributed by atoms with E-state index in [-0.39, 0.29) is 29.9 Å². The molecule has 3 N–H and O–H groups in total. The molecule has 2 unspecified atom stereocenters. The van der Waals surface area contributed by atoms with Crippen molar-refractivity contribution in [2.24, 2.45) is 5.41 Å². The second-order valence-corrected chi connectivity index (χ2v) is 12.4. The average Bonchev–Trinajstić information content (AvgIpc) is 3.72. The van der Waals surface area contributed by atoms with Crippen molar-refractivity contribution >= 4 is 34.2 Å². The normalized spacial score (nSPS) is 21.3. The minimum atomic E-state index is -0.451. The maximum atomic E-state index is 13.4. The number of ether oxygens (including phenoxy) is 2. The number of rotatable bonds is 7. The number of aromatic nitrogens is 3. The van der Waals surface area contributed by atoms with Crippen LogP contribution in [0.25, 0.3) is 16.6 Å². The van der Waals surface area contributed by atoms with Gasteiger partial charge in [-0.3, -0.25) is 9.59 Å². The van der Waals surface area contributed by atoms with Gasteiger partial charge in [0.15, 0.2) is 0 Å². The van der Waals surface area contributed by atoms with Gasteiger partial charge in [-0.2, -0.15) is 5.10 Å². The third-order valence-corrected chi connectivity index (χ3v) is 8.83. The molecule has 1 aliphatic carbocycles. The third-order valence-electron chi connectivity index (χ3n) is 8.83. The highest BCUT2D eigenvalue weighted by atomic mass is 16.5. The number of amides is 2. The van der Waals surface area contributed by atoms with Crippen LogP contribution in [0.2, 0.25) is 0 Å². The largest absolute Gasteiger partial charge is 0.490 e. The van der Waals surface area contributed by atoms with Gasteiger partial charge in [0.25, 0.3) is 5.91 Å². The second kappa shape index (κ2) is 10.7. The van der Waals surface area contributed by atoms with E-state index in [4.69, 9.17) is 20.3 Å². The van der Waals surface area contributed by atoms with Crippen LogP contribution < -0.4 is 15.8 Å². The summed E-state index contributed by atoms with van der Waals surface area (Å²) in [5, 5.41) is 8.94. The molecular weight excluding hydrogens is 544 g/mol. The molecule has 4 aromatic rings. The number of nitrogens with two attached hydrogens (primary N) is 1. The lowest BCUT2D eigenvalue weighted by Gasteiger charge is -2.45. The quantitative estimate of drug-likeness (QED) is 0.318. The fourth-order valence-electron chi connectivity index (χ4n) is 6.07. The summed E-state index contributed by atoms with van der Waals surface area (Å²) < 4.78 is 13.0. The van der Waals surface area contributed by atoms with E-state index in [1.165, 1.54) is 0 Å². The van der Waals surface area contributed by atoms with Gasteiger partial charge in [0.1, 0.15) is 17.1 Å². The SMILES string of the molecule is CC1CCC(c2nn(-c3ccc(C(=O)Nc4cccc(OC5CC5)c4)cc3)c3c(N)nccc23)CN1C(=O)C1(C)COC1. The highest BCUT2D eigenvalue weighted by molar-refractivity contribution is 6.04. The van der Waals surface area contributed by atoms with E-state index < -0.39 is 5.41 Å². The first-order chi connectivity index (χ1) is 20.8. The number of nitrogens with one attached hydrogen (secondary N) is 1. The standard InChI is InChI=1S/C33H36N6O4/c1-20-6-7-22(17-38(20)32(41)33(2)18-42-19-33)28-27-14-15-35-30(34)29(27)39(37-28)24-10-8-21(9-11-24)31(40)36-23-4-3-5-26(16-23)43-25-12-13-25/h3-5,8-11,14-16,20,22,25H,6-7,12-13,17-19H2,1-2H3,(H2,34,35)(H,36,40). The Morgan fingerprint density at radius 1 is 1.07 bits per heavy atom. The van der Waals surface area contributed by atoms with Crippen LogP contribution in [0.4, 0.5) is 11.5 Å². The molecular formula is C33H36N6O4. The first-order valence-corrected chi connectivity index (χ1v) is 15.0. The number of piperidine rings is 1. The van der Waals surface area contributed by atoms with Crippen molar-refractivity contribution in [3.63, 3.8) is 0 Å². The van der Waals surface area contributed by atoms with Crippen LogP contribution in [-0.2, 0) is 9.53 Å². The molecule has 2 atom stereocenters. The summed E-state index contributed by atoms with van der Waals surface area (Å²) in [5.74, 6) is 1.13. The molecule has 43 heavy (non-hydrogen) atoms. The number of anilines is 2. The molecule has 2 saturated heterocycles. The molecule has 2 aromatic carbocycles. The first kappa shape index (κ1) is 27.4. The van der Waals surface area contributed by atoms with Crippen molar-refractivity contribution in [2.75, 3.05) is 30.8 Å². The highest BCUT2D eigenvalue weighted by Gasteiger charge is 2.46. The number of nitrogen functional groups attached to an aromatic ring is 1. The van der Waals surface area contributed by atoms with Crippen LogP contribution in [0.3, 0.4) is 0 Å². The van der Waals surface area contributed by atoms with Gasteiger partial charge in [-0.1, -0.05) is 6.07 Å². The zero-order valence-corrected chi connectivity index (χ0v) is 24.5. The zero-order valence-electron chi connectivity index (χ0n) is 24.5. The number of hydrogen-bond donors (Lipinski definition) is 2. The lowest BCUT2D eigenvalue weighted by atomic mass is 9.83. The molecule has 4 heterocycles. The lowest BCUT2D eigenvalue weighted by Crippen LogP contribution is -2.57. The molecule has 3 aliphatic rings. The van der Waals surface area contributed by atoms with Crippen LogP contribution in [0.5, 0.6) is 5.75 Å². The van der Waals surface area contributed by atoms with Gasteiger partial charge in [0.2, 0.25) is 5.91 Å². The Hall–Kier alpha value is -4.44. The van der Waals surface area contributed by atoms with Gasteiger partial charge >= 0.3 is 0 Å². The number of likely N-dealkylation sites (tertiary alicyclic amines) is 1. The average molecular weight is 581 g/mol. The van der Waals surface area contributed by atoms with Crippen molar-refractivity contribution in [1.29, 1.82) is 0 Å². The van der Waals surface area contributed by atoms with Crippen LogP contribution >= 0.6 is 0 Å². The van der Waals surface area contributed by atoms with Crippen molar-refractivity contribution in [3.8, 4) is 11.4 Å². The number of nitrogens with zero attached hydrogens (tertiary/aromatic N) is 4. The molecule has 2 aliphatic heterocycles. The molecule has 3 fully saturated rings. The van der Waals surface area contributed by atoms with Crippen molar-refractivity contribution in [1.82, 2.24) is 19.7 Å². The van der Waals surface area contributed by atoms with E-state index in [9.17, 15) is 9.59 Å². The maximum absolute atomic E-state index is 13.4. The van der Waals surface area contributed by atoms with Gasteiger partial charge in [-0.25, -0.2) is 9.67 Å². The molecule has 0 spiro atoms. The molecule has 10 nitrogen and oxygen atoms in total.